The van der Waals surface area contributed by atoms with Gasteiger partial charge in [-0.2, -0.15) is 0 Å². The number of aliphatic hydroxyl groups is 1. The van der Waals surface area contributed by atoms with Crippen LogP contribution in [0.25, 0.3) is 5.76 Å². The van der Waals surface area contributed by atoms with Crippen LogP contribution in [0.3, 0.4) is 0 Å². The Morgan fingerprint density at radius 3 is 1.98 bits per heavy atom. The third-order valence-corrected chi connectivity index (χ3v) is 9.63. The van der Waals surface area contributed by atoms with E-state index < -0.39 is 33.6 Å². The molecule has 0 amide bonds. The summed E-state index contributed by atoms with van der Waals surface area (Å²) in [5, 5.41) is 21.8. The first-order valence-corrected chi connectivity index (χ1v) is 15.4. The van der Waals surface area contributed by atoms with Crippen LogP contribution in [0.4, 0.5) is 0 Å². The lowest BCUT2D eigenvalue weighted by molar-refractivity contribution is -0.178. The van der Waals surface area contributed by atoms with Crippen LogP contribution in [0, 0.1) is 22.2 Å². The molecule has 0 heterocycles. The molecule has 2 saturated carbocycles. The summed E-state index contributed by atoms with van der Waals surface area (Å²) in [7, 11) is 0. The van der Waals surface area contributed by atoms with Crippen LogP contribution in [0.1, 0.15) is 106 Å². The monoisotopic (exact) mass is 586 g/mol. The Labute approximate surface area is 258 Å². The van der Waals surface area contributed by atoms with E-state index in [1.165, 1.54) is 12.1 Å². The first-order chi connectivity index (χ1) is 20.0. The SMILES string of the molecule is CC(C)=CCC[C@]1(C)[C@@H](CC=C(C)C)CC2(CC=C(C)C)C(=O)/C(=C(/O)c3cccc(O)c3)C(=O)C1(CC=C(C)C)C2=O. The zero-order valence-electron chi connectivity index (χ0n) is 27.6. The Bertz CT molecular complexity index is 1430. The third-order valence-electron chi connectivity index (χ3n) is 9.63. The van der Waals surface area contributed by atoms with Gasteiger partial charge in [0.25, 0.3) is 0 Å². The molecule has 2 fully saturated rings. The van der Waals surface area contributed by atoms with Gasteiger partial charge < -0.3 is 10.2 Å². The van der Waals surface area contributed by atoms with Crippen molar-refractivity contribution >= 4 is 23.1 Å². The maximum Gasteiger partial charge on any atom is 0.184 e. The van der Waals surface area contributed by atoms with Crippen molar-refractivity contribution in [2.45, 2.75) is 101 Å². The first kappa shape index (κ1) is 34.0. The Kier molecular flexibility index (Phi) is 10.3. The molecule has 2 aliphatic carbocycles. The van der Waals surface area contributed by atoms with Crippen molar-refractivity contribution in [2.24, 2.45) is 22.2 Å². The molecule has 232 valence electrons. The van der Waals surface area contributed by atoms with E-state index in [-0.39, 0.29) is 41.4 Å². The van der Waals surface area contributed by atoms with Crippen molar-refractivity contribution in [3.05, 3.63) is 82.0 Å². The summed E-state index contributed by atoms with van der Waals surface area (Å²) in [6, 6.07) is 5.92. The summed E-state index contributed by atoms with van der Waals surface area (Å²) >= 11 is 0. The van der Waals surface area contributed by atoms with Crippen molar-refractivity contribution < 1.29 is 24.6 Å². The highest BCUT2D eigenvalue weighted by atomic mass is 16.3. The molecule has 2 unspecified atom stereocenters. The minimum atomic E-state index is -1.55. The number of fused-ring (bicyclic) bond motifs is 2. The highest BCUT2D eigenvalue weighted by molar-refractivity contribution is 6.41. The number of hydrogen-bond acceptors (Lipinski definition) is 5. The fourth-order valence-corrected chi connectivity index (χ4v) is 7.10. The second-order valence-corrected chi connectivity index (χ2v) is 13.9. The lowest BCUT2D eigenvalue weighted by Gasteiger charge is -2.61. The van der Waals surface area contributed by atoms with Gasteiger partial charge in [-0.25, -0.2) is 0 Å². The van der Waals surface area contributed by atoms with Crippen molar-refractivity contribution in [2.75, 3.05) is 0 Å². The Balaban J connectivity index is 2.50. The zero-order valence-corrected chi connectivity index (χ0v) is 27.6. The number of carbonyl (C=O) groups excluding carboxylic acids is 3. The largest absolute Gasteiger partial charge is 0.508 e. The number of ketones is 3. The molecule has 2 N–H and O–H groups in total. The average molecular weight is 587 g/mol. The highest BCUT2D eigenvalue weighted by Gasteiger charge is 2.74. The molecule has 3 rings (SSSR count). The molecule has 0 spiro atoms. The lowest BCUT2D eigenvalue weighted by Crippen LogP contribution is -2.70. The normalized spacial score (nSPS) is 27.7. The number of aromatic hydroxyl groups is 1. The maximum absolute atomic E-state index is 15.2. The number of aliphatic hydroxyl groups excluding tert-OH is 1. The number of hydrogen-bond donors (Lipinski definition) is 2. The van der Waals surface area contributed by atoms with E-state index in [1.54, 1.807) is 12.1 Å². The van der Waals surface area contributed by atoms with E-state index in [2.05, 4.69) is 19.1 Å². The van der Waals surface area contributed by atoms with Gasteiger partial charge in [0, 0.05) is 5.56 Å². The minimum absolute atomic E-state index is 0.0940. The second kappa shape index (κ2) is 13.0. The van der Waals surface area contributed by atoms with Gasteiger partial charge in [0.2, 0.25) is 0 Å². The molecule has 4 atom stereocenters. The molecular weight excluding hydrogens is 536 g/mol. The van der Waals surface area contributed by atoms with Gasteiger partial charge in [-0.1, -0.05) is 65.7 Å². The van der Waals surface area contributed by atoms with E-state index in [9.17, 15) is 15.0 Å². The lowest BCUT2D eigenvalue weighted by atomic mass is 9.37. The van der Waals surface area contributed by atoms with E-state index in [4.69, 9.17) is 0 Å². The molecule has 2 aliphatic rings. The summed E-state index contributed by atoms with van der Waals surface area (Å²) in [6.45, 7) is 18.0. The van der Waals surface area contributed by atoms with Gasteiger partial charge >= 0.3 is 0 Å². The van der Waals surface area contributed by atoms with Crippen molar-refractivity contribution in [3.63, 3.8) is 0 Å². The number of benzene rings is 1. The second-order valence-electron chi connectivity index (χ2n) is 13.9. The number of phenols is 1. The number of Topliss-reactive ketones (excluding diaryl/α,β-unsaturated/α-hetero) is 3. The van der Waals surface area contributed by atoms with Gasteiger partial charge in [0.15, 0.2) is 17.3 Å². The molecule has 1 aromatic rings. The van der Waals surface area contributed by atoms with E-state index in [0.29, 0.717) is 25.7 Å². The summed E-state index contributed by atoms with van der Waals surface area (Å²) in [4.78, 5) is 44.9. The Morgan fingerprint density at radius 2 is 1.42 bits per heavy atom. The minimum Gasteiger partial charge on any atom is -0.508 e. The summed E-state index contributed by atoms with van der Waals surface area (Å²) in [6.07, 6.45) is 10.7. The number of phenolic OH excluding ortho intramolecular Hbond substituents is 1. The van der Waals surface area contributed by atoms with Gasteiger partial charge in [-0.15, -0.1) is 0 Å². The molecule has 2 bridgehead atoms. The average Bonchev–Trinajstić information content (AvgIpc) is 2.91. The summed E-state index contributed by atoms with van der Waals surface area (Å²) in [5.74, 6) is -2.22. The van der Waals surface area contributed by atoms with Gasteiger partial charge in [-0.05, 0) is 117 Å². The fourth-order valence-electron chi connectivity index (χ4n) is 7.10. The van der Waals surface area contributed by atoms with Crippen LogP contribution in [-0.2, 0) is 14.4 Å². The zero-order chi connectivity index (χ0) is 32.3. The number of allylic oxidation sites excluding steroid dienone is 9. The van der Waals surface area contributed by atoms with Gasteiger partial charge in [-0.3, -0.25) is 14.4 Å². The van der Waals surface area contributed by atoms with Crippen molar-refractivity contribution in [1.82, 2.24) is 0 Å². The van der Waals surface area contributed by atoms with Crippen LogP contribution in [-0.4, -0.2) is 27.6 Å². The molecule has 5 heteroatoms. The van der Waals surface area contributed by atoms with Crippen LogP contribution < -0.4 is 0 Å². The quantitative estimate of drug-likeness (QED) is 0.0937. The van der Waals surface area contributed by atoms with E-state index >= 15 is 9.59 Å². The molecule has 0 radical (unpaired) electrons. The Hall–Kier alpha value is -3.47. The smallest absolute Gasteiger partial charge is 0.184 e. The van der Waals surface area contributed by atoms with Gasteiger partial charge in [0.05, 0.1) is 5.41 Å². The highest BCUT2D eigenvalue weighted by Crippen LogP contribution is 2.67. The molecule has 0 aromatic heterocycles. The topological polar surface area (TPSA) is 91.7 Å². The van der Waals surface area contributed by atoms with E-state index in [1.807, 2.05) is 67.5 Å². The predicted octanol–water partition coefficient (Wildman–Crippen LogP) is 9.20. The van der Waals surface area contributed by atoms with Crippen LogP contribution in [0.2, 0.25) is 0 Å². The van der Waals surface area contributed by atoms with E-state index in [0.717, 1.165) is 22.3 Å². The molecule has 0 aliphatic heterocycles. The van der Waals surface area contributed by atoms with Crippen LogP contribution in [0.5, 0.6) is 5.75 Å². The molecule has 1 aromatic carbocycles. The molecule has 43 heavy (non-hydrogen) atoms. The predicted molar refractivity (Wildman–Crippen MR) is 175 cm³/mol. The fraction of sp³-hybridized carbons (Fsp3) is 0.500. The molecule has 5 nitrogen and oxygen atoms in total. The number of carbonyl (C=O) groups is 3. The number of rotatable bonds is 10. The molecular formula is C38H50O5. The Morgan fingerprint density at radius 1 is 0.837 bits per heavy atom. The van der Waals surface area contributed by atoms with Crippen molar-refractivity contribution in [3.8, 4) is 5.75 Å². The standard InChI is InChI=1S/C38H50O5/c1-24(2)12-11-19-36(9)29(16-15-25(3)4)23-37(20-17-26(5)6)33(41)31(32(40)28-13-10-14-30(39)22-28)34(42)38(36,35(37)43)21-18-27(7)8/h10,12-15,17-18,22,29,39-40H,11,16,19-21,23H2,1-9H3/b32-31-/t29-,36+,37?,38?/m0/s1. The summed E-state index contributed by atoms with van der Waals surface area (Å²) in [5.41, 5.74) is 0.267. The first-order valence-electron chi connectivity index (χ1n) is 15.4. The van der Waals surface area contributed by atoms with Crippen molar-refractivity contribution in [1.29, 1.82) is 0 Å². The third kappa shape index (κ3) is 6.27. The van der Waals surface area contributed by atoms with Gasteiger partial charge in [0.1, 0.15) is 22.5 Å². The van der Waals surface area contributed by atoms with Crippen LogP contribution >= 0.6 is 0 Å². The molecule has 0 saturated heterocycles. The summed E-state index contributed by atoms with van der Waals surface area (Å²) < 4.78 is 0. The maximum atomic E-state index is 15.2. The van der Waals surface area contributed by atoms with Crippen LogP contribution in [0.15, 0.2) is 76.4 Å².